The molecule has 1 heterocycles. The summed E-state index contributed by atoms with van der Waals surface area (Å²) in [5, 5.41) is 20.4. The van der Waals surface area contributed by atoms with Crippen LogP contribution < -0.4 is 5.32 Å². The number of alkyl halides is 3. The molecular formula is C14H26F3NO3S. The van der Waals surface area contributed by atoms with Crippen LogP contribution in [-0.2, 0) is 4.79 Å². The minimum atomic E-state index is -5.08. The number of carboxylic acid groups (broad SMARTS) is 1. The van der Waals surface area contributed by atoms with E-state index in [1.807, 2.05) is 25.6 Å². The lowest BCUT2D eigenvalue weighted by Gasteiger charge is -2.21. The molecule has 3 N–H and O–H groups in total. The largest absolute Gasteiger partial charge is 0.490 e. The van der Waals surface area contributed by atoms with E-state index < -0.39 is 17.7 Å². The van der Waals surface area contributed by atoms with Crippen molar-refractivity contribution in [1.82, 2.24) is 5.32 Å². The molecule has 2 unspecified atom stereocenters. The Morgan fingerprint density at radius 2 is 1.95 bits per heavy atom. The molecule has 0 radical (unpaired) electrons. The highest BCUT2D eigenvalue weighted by Gasteiger charge is 2.38. The first-order valence-corrected chi connectivity index (χ1v) is 8.43. The third kappa shape index (κ3) is 12.1. The molecule has 1 aliphatic heterocycles. The number of thioether (sulfide) groups is 1. The van der Waals surface area contributed by atoms with Gasteiger partial charge in [-0.2, -0.15) is 24.9 Å². The van der Waals surface area contributed by atoms with Crippen molar-refractivity contribution in [2.45, 2.75) is 70.3 Å². The molecule has 0 amide bonds. The van der Waals surface area contributed by atoms with Gasteiger partial charge in [-0.1, -0.05) is 0 Å². The predicted molar refractivity (Wildman–Crippen MR) is 82.2 cm³/mol. The van der Waals surface area contributed by atoms with Crippen LogP contribution in [0.3, 0.4) is 0 Å². The zero-order valence-corrected chi connectivity index (χ0v) is 14.1. The van der Waals surface area contributed by atoms with E-state index in [-0.39, 0.29) is 0 Å². The average Bonchev–Trinajstić information content (AvgIpc) is 2.79. The molecule has 1 rings (SSSR count). The Hall–Kier alpha value is -0.470. The second-order valence-corrected chi connectivity index (χ2v) is 7.29. The number of halogens is 3. The Morgan fingerprint density at radius 1 is 1.41 bits per heavy atom. The van der Waals surface area contributed by atoms with Crippen LogP contribution in [0.1, 0.15) is 46.5 Å². The van der Waals surface area contributed by atoms with Gasteiger partial charge in [-0.05, 0) is 52.2 Å². The van der Waals surface area contributed by atoms with Gasteiger partial charge in [0.25, 0.3) is 0 Å². The lowest BCUT2D eigenvalue weighted by Crippen LogP contribution is -2.36. The van der Waals surface area contributed by atoms with E-state index in [0.29, 0.717) is 6.04 Å². The molecule has 2 atom stereocenters. The number of aliphatic carboxylic acids is 1. The van der Waals surface area contributed by atoms with Gasteiger partial charge in [0.2, 0.25) is 0 Å². The Balaban J connectivity index is 0.000000534. The van der Waals surface area contributed by atoms with E-state index >= 15 is 0 Å². The first-order chi connectivity index (χ1) is 9.92. The van der Waals surface area contributed by atoms with Crippen molar-refractivity contribution < 1.29 is 28.2 Å². The van der Waals surface area contributed by atoms with Crippen LogP contribution in [0.4, 0.5) is 13.2 Å². The van der Waals surface area contributed by atoms with Crippen molar-refractivity contribution in [1.29, 1.82) is 0 Å². The first-order valence-electron chi connectivity index (χ1n) is 7.28. The summed E-state index contributed by atoms with van der Waals surface area (Å²) >= 11 is 2.05. The fourth-order valence-corrected chi connectivity index (χ4v) is 3.16. The normalized spacial score (nSPS) is 20.2. The number of aliphatic hydroxyl groups is 1. The van der Waals surface area contributed by atoms with Crippen LogP contribution in [0.5, 0.6) is 0 Å². The van der Waals surface area contributed by atoms with Crippen LogP contribution in [-0.4, -0.2) is 51.5 Å². The molecule has 0 aromatic heterocycles. The van der Waals surface area contributed by atoms with Crippen molar-refractivity contribution in [3.05, 3.63) is 0 Å². The molecule has 22 heavy (non-hydrogen) atoms. The smallest absolute Gasteiger partial charge is 0.475 e. The van der Waals surface area contributed by atoms with Crippen molar-refractivity contribution in [2.75, 3.05) is 11.5 Å². The lowest BCUT2D eigenvalue weighted by molar-refractivity contribution is -0.192. The highest BCUT2D eigenvalue weighted by molar-refractivity contribution is 7.99. The highest BCUT2D eigenvalue weighted by Crippen LogP contribution is 2.19. The maximum atomic E-state index is 10.6. The summed E-state index contributed by atoms with van der Waals surface area (Å²) in [7, 11) is 0. The molecule has 132 valence electrons. The van der Waals surface area contributed by atoms with Gasteiger partial charge in [-0.3, -0.25) is 0 Å². The summed E-state index contributed by atoms with van der Waals surface area (Å²) in [5.41, 5.74) is -0.497. The number of rotatable bonds is 6. The van der Waals surface area contributed by atoms with Gasteiger partial charge in [0, 0.05) is 17.8 Å². The summed E-state index contributed by atoms with van der Waals surface area (Å²) in [6, 6.07) is 1.32. The predicted octanol–water partition coefficient (Wildman–Crippen LogP) is 3.04. The second-order valence-electron chi connectivity index (χ2n) is 6.14. The van der Waals surface area contributed by atoms with Gasteiger partial charge >= 0.3 is 12.1 Å². The van der Waals surface area contributed by atoms with Gasteiger partial charge < -0.3 is 15.5 Å². The minimum absolute atomic E-state index is 0.497. The molecule has 1 aliphatic rings. The van der Waals surface area contributed by atoms with Crippen LogP contribution in [0.2, 0.25) is 0 Å². The molecule has 8 heteroatoms. The number of hydrogen-bond acceptors (Lipinski definition) is 4. The van der Waals surface area contributed by atoms with Gasteiger partial charge in [0.1, 0.15) is 0 Å². The minimum Gasteiger partial charge on any atom is -0.475 e. The molecule has 0 aliphatic carbocycles. The van der Waals surface area contributed by atoms with Gasteiger partial charge in [0.15, 0.2) is 0 Å². The summed E-state index contributed by atoms with van der Waals surface area (Å²) in [5.74, 6) is -0.170. The van der Waals surface area contributed by atoms with Crippen LogP contribution >= 0.6 is 11.8 Å². The lowest BCUT2D eigenvalue weighted by atomic mass is 9.99. The average molecular weight is 345 g/mol. The quantitative estimate of drug-likeness (QED) is 0.690. The van der Waals surface area contributed by atoms with Gasteiger partial charge in [-0.25, -0.2) is 4.79 Å². The highest BCUT2D eigenvalue weighted by atomic mass is 32.2. The SMILES string of the molecule is CC(CCCC(C)(C)O)NC1CCSC1.O=C(O)C(F)(F)F. The molecule has 0 spiro atoms. The molecule has 1 fully saturated rings. The Labute approximate surface area is 133 Å². The van der Waals surface area contributed by atoms with E-state index in [9.17, 15) is 18.3 Å². The zero-order chi connectivity index (χ0) is 17.4. The number of carbonyl (C=O) groups is 1. The van der Waals surface area contributed by atoms with E-state index in [0.717, 1.165) is 18.9 Å². The summed E-state index contributed by atoms with van der Waals surface area (Å²) in [6.45, 7) is 6.03. The van der Waals surface area contributed by atoms with E-state index in [2.05, 4.69) is 12.2 Å². The topological polar surface area (TPSA) is 69.6 Å². The standard InChI is InChI=1S/C12H25NOS.C2HF3O2/c1-10(5-4-7-12(2,3)14)13-11-6-8-15-9-11;3-2(4,5)1(6)7/h10-11,13-14H,4-9H2,1-3H3;(H,6,7). The van der Waals surface area contributed by atoms with Gasteiger partial charge in [0.05, 0.1) is 5.60 Å². The fraction of sp³-hybridized carbons (Fsp3) is 0.929. The first kappa shape index (κ1) is 21.5. The maximum Gasteiger partial charge on any atom is 0.490 e. The summed E-state index contributed by atoms with van der Waals surface area (Å²) in [6.07, 6.45) is -0.582. The number of carboxylic acids is 1. The van der Waals surface area contributed by atoms with E-state index in [4.69, 9.17) is 9.90 Å². The van der Waals surface area contributed by atoms with Crippen LogP contribution in [0.25, 0.3) is 0 Å². The number of hydrogen-bond donors (Lipinski definition) is 3. The summed E-state index contributed by atoms with van der Waals surface area (Å²) in [4.78, 5) is 8.90. The molecule has 0 aromatic carbocycles. The molecule has 0 saturated carbocycles. The Bertz CT molecular complexity index is 326. The van der Waals surface area contributed by atoms with Crippen LogP contribution in [0, 0.1) is 0 Å². The molecular weight excluding hydrogens is 319 g/mol. The maximum absolute atomic E-state index is 10.6. The monoisotopic (exact) mass is 345 g/mol. The molecule has 0 aromatic rings. The molecule has 0 bridgehead atoms. The van der Waals surface area contributed by atoms with Crippen molar-refractivity contribution in [3.63, 3.8) is 0 Å². The Morgan fingerprint density at radius 3 is 2.32 bits per heavy atom. The molecule has 1 saturated heterocycles. The van der Waals surface area contributed by atoms with Crippen molar-refractivity contribution >= 4 is 17.7 Å². The number of nitrogens with one attached hydrogen (secondary N) is 1. The Kier molecular flexibility index (Phi) is 9.41. The van der Waals surface area contributed by atoms with Crippen LogP contribution in [0.15, 0.2) is 0 Å². The zero-order valence-electron chi connectivity index (χ0n) is 13.2. The van der Waals surface area contributed by atoms with E-state index in [1.165, 1.54) is 24.3 Å². The fourth-order valence-electron chi connectivity index (χ4n) is 1.99. The van der Waals surface area contributed by atoms with Crippen molar-refractivity contribution in [2.24, 2.45) is 0 Å². The third-order valence-electron chi connectivity index (χ3n) is 3.12. The molecule has 4 nitrogen and oxygen atoms in total. The third-order valence-corrected chi connectivity index (χ3v) is 4.28. The second kappa shape index (κ2) is 9.62. The van der Waals surface area contributed by atoms with E-state index in [1.54, 1.807) is 0 Å². The summed E-state index contributed by atoms with van der Waals surface area (Å²) < 4.78 is 31.7. The van der Waals surface area contributed by atoms with Gasteiger partial charge in [-0.15, -0.1) is 0 Å². The van der Waals surface area contributed by atoms with Crippen molar-refractivity contribution in [3.8, 4) is 0 Å².